The molecule has 0 heterocycles. The van der Waals surface area contributed by atoms with Crippen molar-refractivity contribution in [3.63, 3.8) is 0 Å². The Bertz CT molecular complexity index is 371. The van der Waals surface area contributed by atoms with Crippen LogP contribution in [-0.2, 0) is 10.2 Å². The number of carbonyl (C=O) groups is 1. The Balaban J connectivity index is 2.47. The topological polar surface area (TPSA) is 17.1 Å². The molecule has 0 unspecified atom stereocenters. The van der Waals surface area contributed by atoms with Gasteiger partial charge in [0.1, 0.15) is 11.6 Å². The summed E-state index contributed by atoms with van der Waals surface area (Å²) in [7, 11) is 0. The van der Waals surface area contributed by atoms with Gasteiger partial charge in [0.25, 0.3) is 0 Å². The Kier molecular flexibility index (Phi) is 1.95. The Morgan fingerprint density at radius 3 is 2.43 bits per heavy atom. The third kappa shape index (κ3) is 1.35. The van der Waals surface area contributed by atoms with E-state index in [2.05, 4.69) is 0 Å². The van der Waals surface area contributed by atoms with Crippen molar-refractivity contribution in [1.29, 1.82) is 0 Å². The van der Waals surface area contributed by atoms with E-state index in [0.29, 0.717) is 0 Å². The van der Waals surface area contributed by atoms with Crippen LogP contribution in [-0.4, -0.2) is 5.78 Å². The second kappa shape index (κ2) is 2.91. The minimum Gasteiger partial charge on any atom is -0.299 e. The number of aryl methyl sites for hydroxylation is 1. The van der Waals surface area contributed by atoms with Crippen LogP contribution in [0.25, 0.3) is 0 Å². The standard InChI is InChI=1S/C12H13FO/c1-8-5-10(7-11(13)6-8)12(3-4-12)9(2)14/h5-7H,3-4H2,1-2H3. The molecule has 1 aromatic rings. The zero-order valence-corrected chi connectivity index (χ0v) is 8.43. The molecular weight excluding hydrogens is 179 g/mol. The number of rotatable bonds is 2. The Labute approximate surface area is 82.9 Å². The Hall–Kier alpha value is -1.18. The smallest absolute Gasteiger partial charge is 0.140 e. The fourth-order valence-electron chi connectivity index (χ4n) is 1.98. The molecule has 74 valence electrons. The summed E-state index contributed by atoms with van der Waals surface area (Å²) in [6.07, 6.45) is 1.73. The predicted molar refractivity (Wildman–Crippen MR) is 52.7 cm³/mol. The van der Waals surface area contributed by atoms with Crippen LogP contribution in [0, 0.1) is 12.7 Å². The lowest BCUT2D eigenvalue weighted by atomic mass is 9.91. The van der Waals surface area contributed by atoms with Crippen molar-refractivity contribution in [2.45, 2.75) is 32.1 Å². The molecule has 0 spiro atoms. The summed E-state index contributed by atoms with van der Waals surface area (Å²) >= 11 is 0. The lowest BCUT2D eigenvalue weighted by Gasteiger charge is -2.12. The number of Topliss-reactive ketones (excluding diaryl/α,β-unsaturated/α-hetero) is 1. The highest BCUT2D eigenvalue weighted by Gasteiger charge is 2.48. The van der Waals surface area contributed by atoms with Crippen LogP contribution in [0.15, 0.2) is 18.2 Å². The van der Waals surface area contributed by atoms with Gasteiger partial charge in [0.2, 0.25) is 0 Å². The van der Waals surface area contributed by atoms with Gasteiger partial charge in [-0.2, -0.15) is 0 Å². The van der Waals surface area contributed by atoms with Crippen LogP contribution >= 0.6 is 0 Å². The summed E-state index contributed by atoms with van der Waals surface area (Å²) in [5, 5.41) is 0. The van der Waals surface area contributed by atoms with Crippen molar-refractivity contribution in [2.75, 3.05) is 0 Å². The lowest BCUT2D eigenvalue weighted by molar-refractivity contribution is -0.119. The first kappa shape index (κ1) is 9.38. The molecule has 1 nitrogen and oxygen atoms in total. The first-order chi connectivity index (χ1) is 6.54. The minimum atomic E-state index is -0.354. The van der Waals surface area contributed by atoms with Crippen LogP contribution in [0.5, 0.6) is 0 Å². The van der Waals surface area contributed by atoms with Crippen molar-refractivity contribution in [1.82, 2.24) is 0 Å². The zero-order chi connectivity index (χ0) is 10.3. The van der Waals surface area contributed by atoms with E-state index in [0.717, 1.165) is 24.0 Å². The molecule has 0 aliphatic heterocycles. The van der Waals surface area contributed by atoms with Crippen LogP contribution in [0.1, 0.15) is 30.9 Å². The number of carbonyl (C=O) groups excluding carboxylic acids is 1. The second-order valence-electron chi connectivity index (χ2n) is 4.16. The maximum absolute atomic E-state index is 13.1. The molecule has 0 atom stereocenters. The SMILES string of the molecule is CC(=O)C1(c2cc(C)cc(F)c2)CC1. The number of ketones is 1. The molecule has 1 fully saturated rings. The van der Waals surface area contributed by atoms with Gasteiger partial charge in [-0.05, 0) is 49.9 Å². The van der Waals surface area contributed by atoms with Crippen molar-refractivity contribution < 1.29 is 9.18 Å². The molecule has 0 aromatic heterocycles. The van der Waals surface area contributed by atoms with E-state index in [4.69, 9.17) is 0 Å². The molecule has 2 heteroatoms. The number of benzene rings is 1. The van der Waals surface area contributed by atoms with Gasteiger partial charge in [-0.1, -0.05) is 6.07 Å². The highest BCUT2D eigenvalue weighted by Crippen LogP contribution is 2.49. The van der Waals surface area contributed by atoms with Crippen LogP contribution in [0.3, 0.4) is 0 Å². The molecule has 14 heavy (non-hydrogen) atoms. The zero-order valence-electron chi connectivity index (χ0n) is 8.43. The van der Waals surface area contributed by atoms with E-state index in [1.807, 2.05) is 13.0 Å². The van der Waals surface area contributed by atoms with Crippen molar-refractivity contribution in [3.8, 4) is 0 Å². The third-order valence-electron chi connectivity index (χ3n) is 3.02. The van der Waals surface area contributed by atoms with E-state index in [1.165, 1.54) is 12.1 Å². The predicted octanol–water partition coefficient (Wildman–Crippen LogP) is 2.75. The number of hydrogen-bond acceptors (Lipinski definition) is 1. The summed E-state index contributed by atoms with van der Waals surface area (Å²) < 4.78 is 13.1. The van der Waals surface area contributed by atoms with Gasteiger partial charge >= 0.3 is 0 Å². The maximum atomic E-state index is 13.1. The van der Waals surface area contributed by atoms with E-state index >= 15 is 0 Å². The first-order valence-corrected chi connectivity index (χ1v) is 4.83. The molecule has 1 aliphatic rings. The fourth-order valence-corrected chi connectivity index (χ4v) is 1.98. The molecule has 0 saturated heterocycles. The fraction of sp³-hybridized carbons (Fsp3) is 0.417. The molecule has 0 N–H and O–H groups in total. The van der Waals surface area contributed by atoms with E-state index in [9.17, 15) is 9.18 Å². The summed E-state index contributed by atoms with van der Waals surface area (Å²) in [5.74, 6) is -0.0879. The van der Waals surface area contributed by atoms with Gasteiger partial charge in [-0.15, -0.1) is 0 Å². The molecule has 0 amide bonds. The second-order valence-corrected chi connectivity index (χ2v) is 4.16. The average Bonchev–Trinajstić information content (AvgIpc) is 2.81. The highest BCUT2D eigenvalue weighted by atomic mass is 19.1. The normalized spacial score (nSPS) is 17.9. The molecule has 1 aromatic carbocycles. The van der Waals surface area contributed by atoms with Crippen molar-refractivity contribution in [2.24, 2.45) is 0 Å². The van der Waals surface area contributed by atoms with E-state index in [1.54, 1.807) is 6.92 Å². The lowest BCUT2D eigenvalue weighted by Crippen LogP contribution is -2.17. The Morgan fingerprint density at radius 2 is 2.00 bits per heavy atom. The summed E-state index contributed by atoms with van der Waals surface area (Å²) in [6.45, 7) is 3.44. The van der Waals surface area contributed by atoms with E-state index < -0.39 is 0 Å². The summed E-state index contributed by atoms with van der Waals surface area (Å²) in [4.78, 5) is 11.4. The molecule has 0 radical (unpaired) electrons. The number of hydrogen-bond donors (Lipinski definition) is 0. The Morgan fingerprint density at radius 1 is 1.36 bits per heavy atom. The molecule has 0 bridgehead atoms. The van der Waals surface area contributed by atoms with Crippen molar-refractivity contribution >= 4 is 5.78 Å². The molecular formula is C12H13FO. The van der Waals surface area contributed by atoms with Gasteiger partial charge in [0.05, 0.1) is 5.41 Å². The summed E-state index contributed by atoms with van der Waals surface area (Å²) in [5.41, 5.74) is 1.38. The molecule has 1 saturated carbocycles. The first-order valence-electron chi connectivity index (χ1n) is 4.83. The van der Waals surface area contributed by atoms with Gasteiger partial charge in [-0.3, -0.25) is 4.79 Å². The average molecular weight is 192 g/mol. The van der Waals surface area contributed by atoms with Crippen molar-refractivity contribution in [3.05, 3.63) is 35.1 Å². The minimum absolute atomic E-state index is 0.155. The van der Waals surface area contributed by atoms with E-state index in [-0.39, 0.29) is 17.0 Å². The summed E-state index contributed by atoms with van der Waals surface area (Å²) in [6, 6.07) is 4.89. The largest absolute Gasteiger partial charge is 0.299 e. The molecule has 2 rings (SSSR count). The quantitative estimate of drug-likeness (QED) is 0.704. The third-order valence-corrected chi connectivity index (χ3v) is 3.02. The maximum Gasteiger partial charge on any atom is 0.140 e. The van der Waals surface area contributed by atoms with Crippen LogP contribution in [0.2, 0.25) is 0 Å². The van der Waals surface area contributed by atoms with Crippen LogP contribution in [0.4, 0.5) is 4.39 Å². The van der Waals surface area contributed by atoms with Gasteiger partial charge in [0, 0.05) is 0 Å². The highest BCUT2D eigenvalue weighted by molar-refractivity contribution is 5.91. The van der Waals surface area contributed by atoms with Gasteiger partial charge < -0.3 is 0 Å². The van der Waals surface area contributed by atoms with Gasteiger partial charge in [0.15, 0.2) is 0 Å². The van der Waals surface area contributed by atoms with Gasteiger partial charge in [-0.25, -0.2) is 4.39 Å². The van der Waals surface area contributed by atoms with Crippen LogP contribution < -0.4 is 0 Å². The monoisotopic (exact) mass is 192 g/mol. The number of halogens is 1. The molecule has 1 aliphatic carbocycles.